The number of anilines is 2. The summed E-state index contributed by atoms with van der Waals surface area (Å²) in [5, 5.41) is 18.7. The molecule has 0 saturated heterocycles. The van der Waals surface area contributed by atoms with Crippen LogP contribution in [0.25, 0.3) is 0 Å². The Bertz CT molecular complexity index is 1370. The SMILES string of the molecule is CCOc1ccc([C@@H]2CC(=O)C3=C(C2)Nc2ccccc2N[C@H]3c2ccccc2[N+](=O)[O-])cc1OC. The van der Waals surface area contributed by atoms with Gasteiger partial charge in [0, 0.05) is 23.8 Å². The zero-order valence-corrected chi connectivity index (χ0v) is 20.1. The average molecular weight is 486 g/mol. The molecule has 0 fully saturated rings. The number of nitro groups is 1. The highest BCUT2D eigenvalue weighted by atomic mass is 16.6. The lowest BCUT2D eigenvalue weighted by Crippen LogP contribution is -2.27. The second kappa shape index (κ2) is 9.73. The Labute approximate surface area is 209 Å². The summed E-state index contributed by atoms with van der Waals surface area (Å²) in [5.74, 6) is 1.16. The van der Waals surface area contributed by atoms with Gasteiger partial charge >= 0.3 is 0 Å². The highest BCUT2D eigenvalue weighted by molar-refractivity contribution is 6.01. The van der Waals surface area contributed by atoms with Crippen molar-refractivity contribution < 1.29 is 19.2 Å². The van der Waals surface area contributed by atoms with E-state index in [-0.39, 0.29) is 23.8 Å². The van der Waals surface area contributed by atoms with Crippen LogP contribution in [0.5, 0.6) is 11.5 Å². The Hall–Kier alpha value is -4.33. The summed E-state index contributed by atoms with van der Waals surface area (Å²) in [4.78, 5) is 25.2. The zero-order chi connectivity index (χ0) is 25.2. The first-order chi connectivity index (χ1) is 17.5. The minimum absolute atomic E-state index is 0.0209. The minimum atomic E-state index is -0.652. The number of nitrogens with zero attached hydrogens (tertiary/aromatic N) is 1. The molecule has 0 aromatic heterocycles. The Balaban J connectivity index is 1.60. The number of Topliss-reactive ketones (excluding diaryl/α,β-unsaturated/α-hetero) is 1. The fourth-order valence-corrected chi connectivity index (χ4v) is 5.07. The van der Waals surface area contributed by atoms with Crippen LogP contribution in [0.4, 0.5) is 17.1 Å². The van der Waals surface area contributed by atoms with E-state index in [1.165, 1.54) is 6.07 Å². The summed E-state index contributed by atoms with van der Waals surface area (Å²) >= 11 is 0. The molecule has 3 aromatic rings. The van der Waals surface area contributed by atoms with Crippen LogP contribution in [0, 0.1) is 10.1 Å². The normalized spacial score (nSPS) is 18.8. The molecule has 0 amide bonds. The van der Waals surface area contributed by atoms with Gasteiger partial charge in [-0.05, 0) is 55.2 Å². The smallest absolute Gasteiger partial charge is 0.275 e. The molecule has 1 aliphatic heterocycles. The van der Waals surface area contributed by atoms with Gasteiger partial charge in [0.1, 0.15) is 0 Å². The van der Waals surface area contributed by atoms with E-state index >= 15 is 0 Å². The van der Waals surface area contributed by atoms with Crippen LogP contribution in [0.2, 0.25) is 0 Å². The lowest BCUT2D eigenvalue weighted by atomic mass is 9.78. The second-order valence-corrected chi connectivity index (χ2v) is 8.83. The molecule has 0 bridgehead atoms. The quantitative estimate of drug-likeness (QED) is 0.327. The Morgan fingerprint density at radius 1 is 1.00 bits per heavy atom. The van der Waals surface area contributed by atoms with Crippen LogP contribution in [0.15, 0.2) is 78.0 Å². The summed E-state index contributed by atoms with van der Waals surface area (Å²) < 4.78 is 11.2. The second-order valence-electron chi connectivity index (χ2n) is 8.83. The van der Waals surface area contributed by atoms with Crippen molar-refractivity contribution in [2.24, 2.45) is 0 Å². The first-order valence-corrected chi connectivity index (χ1v) is 11.9. The summed E-state index contributed by atoms with van der Waals surface area (Å²) in [5.41, 5.74) is 4.32. The van der Waals surface area contributed by atoms with Crippen molar-refractivity contribution in [3.63, 3.8) is 0 Å². The highest BCUT2D eigenvalue weighted by Crippen LogP contribution is 2.46. The van der Waals surface area contributed by atoms with Crippen molar-refractivity contribution in [2.45, 2.75) is 31.7 Å². The van der Waals surface area contributed by atoms with Crippen LogP contribution < -0.4 is 20.1 Å². The van der Waals surface area contributed by atoms with Crippen molar-refractivity contribution in [1.82, 2.24) is 0 Å². The van der Waals surface area contributed by atoms with Crippen molar-refractivity contribution >= 4 is 22.8 Å². The van der Waals surface area contributed by atoms with E-state index < -0.39 is 11.0 Å². The maximum absolute atomic E-state index is 13.7. The van der Waals surface area contributed by atoms with Gasteiger partial charge in [0.2, 0.25) is 0 Å². The van der Waals surface area contributed by atoms with Crippen LogP contribution in [0.3, 0.4) is 0 Å². The number of carbonyl (C=O) groups is 1. The molecule has 3 aromatic carbocycles. The molecular weight excluding hydrogens is 458 g/mol. The molecule has 1 aliphatic carbocycles. The van der Waals surface area contributed by atoms with Gasteiger partial charge in [-0.2, -0.15) is 0 Å². The van der Waals surface area contributed by atoms with Gasteiger partial charge in [0.15, 0.2) is 17.3 Å². The van der Waals surface area contributed by atoms with E-state index in [1.807, 2.05) is 49.4 Å². The standard InChI is InChI=1S/C28H27N3O5/c1-3-36-25-13-12-17(16-26(25)35-2)18-14-22-27(24(32)15-18)28(19-8-4-7-11-23(19)31(33)34)30-21-10-6-5-9-20(21)29-22/h4-13,16,18,28-30H,3,14-15H2,1-2H3/t18-,28-/m0/s1. The minimum Gasteiger partial charge on any atom is -0.493 e. The van der Waals surface area contributed by atoms with Crippen LogP contribution in [0.1, 0.15) is 42.9 Å². The number of nitro benzene ring substituents is 1. The molecule has 8 nitrogen and oxygen atoms in total. The van der Waals surface area contributed by atoms with Crippen LogP contribution in [-0.4, -0.2) is 24.4 Å². The van der Waals surface area contributed by atoms with E-state index in [4.69, 9.17) is 9.47 Å². The van der Waals surface area contributed by atoms with E-state index in [1.54, 1.807) is 25.3 Å². The van der Waals surface area contributed by atoms with Gasteiger partial charge in [0.25, 0.3) is 5.69 Å². The predicted molar refractivity (Wildman–Crippen MR) is 138 cm³/mol. The lowest BCUT2D eigenvalue weighted by Gasteiger charge is -2.30. The molecule has 184 valence electrons. The molecule has 2 atom stereocenters. The third kappa shape index (κ3) is 4.26. The first kappa shape index (κ1) is 23.4. The summed E-state index contributed by atoms with van der Waals surface area (Å²) in [6, 6.07) is 19.4. The molecule has 0 unspecified atom stereocenters. The number of hydrogen-bond acceptors (Lipinski definition) is 7. The molecule has 36 heavy (non-hydrogen) atoms. The number of fused-ring (bicyclic) bond motifs is 1. The molecule has 2 N–H and O–H groups in total. The van der Waals surface area contributed by atoms with Gasteiger partial charge in [0.05, 0.1) is 41.6 Å². The Morgan fingerprint density at radius 3 is 2.50 bits per heavy atom. The Kier molecular flexibility index (Phi) is 6.33. The number of hydrogen-bond donors (Lipinski definition) is 2. The topological polar surface area (TPSA) is 103 Å². The molecule has 0 radical (unpaired) electrons. The molecule has 1 heterocycles. The number of carbonyl (C=O) groups excluding carboxylic acids is 1. The van der Waals surface area contributed by atoms with E-state index in [0.717, 1.165) is 22.6 Å². The molecule has 5 rings (SSSR count). The number of ether oxygens (including phenoxy) is 2. The molecule has 0 spiro atoms. The number of rotatable bonds is 6. The number of methoxy groups -OCH3 is 1. The lowest BCUT2D eigenvalue weighted by molar-refractivity contribution is -0.385. The fraction of sp³-hybridized carbons (Fsp3) is 0.250. The van der Waals surface area contributed by atoms with E-state index in [2.05, 4.69) is 10.6 Å². The van der Waals surface area contributed by atoms with Gasteiger partial charge in [-0.1, -0.05) is 30.3 Å². The van der Waals surface area contributed by atoms with Crippen LogP contribution in [-0.2, 0) is 4.79 Å². The van der Waals surface area contributed by atoms with Crippen molar-refractivity contribution in [1.29, 1.82) is 0 Å². The highest BCUT2D eigenvalue weighted by Gasteiger charge is 2.38. The number of para-hydroxylation sites is 3. The Morgan fingerprint density at radius 2 is 1.75 bits per heavy atom. The predicted octanol–water partition coefficient (Wildman–Crippen LogP) is 5.98. The monoisotopic (exact) mass is 485 g/mol. The van der Waals surface area contributed by atoms with Crippen molar-refractivity contribution in [3.8, 4) is 11.5 Å². The van der Waals surface area contributed by atoms with Crippen molar-refractivity contribution in [3.05, 3.63) is 99.2 Å². The molecule has 2 aliphatic rings. The van der Waals surface area contributed by atoms with Crippen molar-refractivity contribution in [2.75, 3.05) is 24.4 Å². The number of nitrogens with one attached hydrogen (secondary N) is 2. The third-order valence-corrected chi connectivity index (χ3v) is 6.71. The molecule has 0 saturated carbocycles. The maximum Gasteiger partial charge on any atom is 0.275 e. The van der Waals surface area contributed by atoms with Crippen LogP contribution >= 0.6 is 0 Å². The van der Waals surface area contributed by atoms with Gasteiger partial charge in [-0.3, -0.25) is 14.9 Å². The van der Waals surface area contributed by atoms with Gasteiger partial charge < -0.3 is 20.1 Å². The number of benzene rings is 3. The summed E-state index contributed by atoms with van der Waals surface area (Å²) in [7, 11) is 1.60. The van der Waals surface area contributed by atoms with Gasteiger partial charge in [-0.15, -0.1) is 0 Å². The molecular formula is C28H27N3O5. The van der Waals surface area contributed by atoms with E-state index in [0.29, 0.717) is 35.7 Å². The first-order valence-electron chi connectivity index (χ1n) is 11.9. The maximum atomic E-state index is 13.7. The summed E-state index contributed by atoms with van der Waals surface area (Å²) in [6.07, 6.45) is 0.859. The van der Waals surface area contributed by atoms with E-state index in [9.17, 15) is 14.9 Å². The number of ketones is 1. The zero-order valence-electron chi connectivity index (χ0n) is 20.1. The largest absolute Gasteiger partial charge is 0.493 e. The van der Waals surface area contributed by atoms with Gasteiger partial charge in [-0.25, -0.2) is 0 Å². The summed E-state index contributed by atoms with van der Waals surface area (Å²) in [6.45, 7) is 2.44. The molecule has 8 heteroatoms. The third-order valence-electron chi connectivity index (χ3n) is 6.71. The average Bonchev–Trinajstić information content (AvgIpc) is 3.06. The number of allylic oxidation sites excluding steroid dienone is 1. The fourth-order valence-electron chi connectivity index (χ4n) is 5.07.